The van der Waals surface area contributed by atoms with E-state index in [1.54, 1.807) is 36.4 Å². The summed E-state index contributed by atoms with van der Waals surface area (Å²) >= 11 is 5.92. The van der Waals surface area contributed by atoms with Crippen LogP contribution < -0.4 is 4.74 Å². The summed E-state index contributed by atoms with van der Waals surface area (Å²) in [6, 6.07) is 11.7. The zero-order valence-corrected chi connectivity index (χ0v) is 13.7. The molecule has 0 fully saturated rings. The Morgan fingerprint density at radius 3 is 2.46 bits per heavy atom. The van der Waals surface area contributed by atoms with E-state index in [1.165, 1.54) is 10.7 Å². The third kappa shape index (κ3) is 2.97. The maximum absolute atomic E-state index is 13.5. The Morgan fingerprint density at radius 2 is 1.73 bits per heavy atom. The molecule has 4 rings (SSSR count). The first-order valence-electron chi connectivity index (χ1n) is 7.44. The van der Waals surface area contributed by atoms with Crippen LogP contribution >= 0.6 is 11.6 Å². The van der Waals surface area contributed by atoms with E-state index in [-0.39, 0.29) is 17.1 Å². The average Bonchev–Trinajstić information content (AvgIpc) is 3.02. The van der Waals surface area contributed by atoms with E-state index >= 15 is 0 Å². The molecule has 8 heteroatoms. The largest absolute Gasteiger partial charge is 0.438 e. The molecule has 0 unspecified atom stereocenters. The summed E-state index contributed by atoms with van der Waals surface area (Å²) in [5.74, 6) is -3.41. The van der Waals surface area contributed by atoms with Crippen molar-refractivity contribution in [3.05, 3.63) is 77.2 Å². The Hall–Kier alpha value is -3.06. The van der Waals surface area contributed by atoms with Crippen LogP contribution in [0.2, 0.25) is 5.02 Å². The van der Waals surface area contributed by atoms with Crippen LogP contribution in [0.5, 0.6) is 11.6 Å². The van der Waals surface area contributed by atoms with Crippen LogP contribution in [0.1, 0.15) is 0 Å². The number of aromatic nitrogens is 3. The van der Waals surface area contributed by atoms with Gasteiger partial charge in [-0.1, -0.05) is 17.7 Å². The highest BCUT2D eigenvalue weighted by atomic mass is 35.5. The lowest BCUT2D eigenvalue weighted by Crippen LogP contribution is -1.99. The van der Waals surface area contributed by atoms with Gasteiger partial charge < -0.3 is 4.74 Å². The maximum atomic E-state index is 13.5. The number of nitrogens with zero attached hydrogens (tertiary/aromatic N) is 3. The Labute approximate surface area is 150 Å². The second kappa shape index (κ2) is 6.34. The molecule has 0 saturated carbocycles. The van der Waals surface area contributed by atoms with E-state index in [0.29, 0.717) is 16.4 Å². The van der Waals surface area contributed by atoms with Crippen molar-refractivity contribution in [1.29, 1.82) is 0 Å². The molecular formula is C18H9ClF3N3O. The Morgan fingerprint density at radius 1 is 0.962 bits per heavy atom. The first kappa shape index (κ1) is 16.4. The lowest BCUT2D eigenvalue weighted by atomic mass is 10.1. The zero-order chi connectivity index (χ0) is 18.3. The summed E-state index contributed by atoms with van der Waals surface area (Å²) in [5.41, 5.74) is 0.819. The molecule has 0 aliphatic carbocycles. The van der Waals surface area contributed by atoms with E-state index in [9.17, 15) is 13.2 Å². The highest BCUT2D eigenvalue weighted by Crippen LogP contribution is 2.27. The van der Waals surface area contributed by atoms with Crippen molar-refractivity contribution in [2.75, 3.05) is 0 Å². The summed E-state index contributed by atoms with van der Waals surface area (Å²) in [6.45, 7) is 0. The van der Waals surface area contributed by atoms with Crippen molar-refractivity contribution in [2.24, 2.45) is 0 Å². The summed E-state index contributed by atoms with van der Waals surface area (Å²) < 4.78 is 47.3. The van der Waals surface area contributed by atoms with Crippen LogP contribution in [-0.4, -0.2) is 14.6 Å². The summed E-state index contributed by atoms with van der Waals surface area (Å²) in [4.78, 5) is 4.12. The van der Waals surface area contributed by atoms with Gasteiger partial charge in [0.15, 0.2) is 23.1 Å². The zero-order valence-electron chi connectivity index (χ0n) is 13.0. The minimum absolute atomic E-state index is 0.0984. The highest BCUT2D eigenvalue weighted by molar-refractivity contribution is 6.30. The molecule has 4 nitrogen and oxygen atoms in total. The molecule has 0 saturated heterocycles. The van der Waals surface area contributed by atoms with Gasteiger partial charge >= 0.3 is 0 Å². The number of benzene rings is 2. The lowest BCUT2D eigenvalue weighted by molar-refractivity contribution is 0.447. The predicted octanol–water partition coefficient (Wildman–Crippen LogP) is 5.26. The molecule has 26 heavy (non-hydrogen) atoms. The number of hydrogen-bond acceptors (Lipinski definition) is 3. The number of imidazole rings is 1. The Bertz CT molecular complexity index is 1110. The van der Waals surface area contributed by atoms with Crippen molar-refractivity contribution >= 4 is 17.2 Å². The normalized spacial score (nSPS) is 11.1. The molecule has 0 bridgehead atoms. The van der Waals surface area contributed by atoms with Gasteiger partial charge in [0.1, 0.15) is 5.75 Å². The van der Waals surface area contributed by atoms with Crippen LogP contribution in [0.25, 0.3) is 16.9 Å². The summed E-state index contributed by atoms with van der Waals surface area (Å²) in [7, 11) is 0. The van der Waals surface area contributed by atoms with Crippen LogP contribution in [0.4, 0.5) is 13.2 Å². The second-order valence-electron chi connectivity index (χ2n) is 5.40. The van der Waals surface area contributed by atoms with Crippen LogP contribution in [0, 0.1) is 17.5 Å². The summed E-state index contributed by atoms with van der Waals surface area (Å²) in [6.07, 6.45) is 1.39. The van der Waals surface area contributed by atoms with Crippen molar-refractivity contribution in [3.8, 4) is 22.9 Å². The summed E-state index contributed by atoms with van der Waals surface area (Å²) in [5, 5.41) is 4.77. The lowest BCUT2D eigenvalue weighted by Gasteiger charge is -2.07. The van der Waals surface area contributed by atoms with E-state index in [1.807, 2.05) is 0 Å². The number of ether oxygens (including phenoxy) is 1. The van der Waals surface area contributed by atoms with Crippen LogP contribution in [0.3, 0.4) is 0 Å². The van der Waals surface area contributed by atoms with Crippen LogP contribution in [-0.2, 0) is 0 Å². The SMILES string of the molecule is Fc1cc(-c2cnc3ccc(Oc4cccc(Cl)c4)nn23)cc(F)c1F. The van der Waals surface area contributed by atoms with Crippen molar-refractivity contribution < 1.29 is 17.9 Å². The first-order chi connectivity index (χ1) is 12.5. The molecule has 2 aromatic heterocycles. The first-order valence-corrected chi connectivity index (χ1v) is 7.82. The molecular weight excluding hydrogens is 367 g/mol. The van der Waals surface area contributed by atoms with Gasteiger partial charge in [-0.25, -0.2) is 22.7 Å². The Kier molecular flexibility index (Phi) is 4.00. The smallest absolute Gasteiger partial charge is 0.237 e. The van der Waals surface area contributed by atoms with E-state index in [2.05, 4.69) is 10.1 Å². The average molecular weight is 376 g/mol. The molecule has 2 heterocycles. The van der Waals surface area contributed by atoms with Crippen molar-refractivity contribution in [3.63, 3.8) is 0 Å². The van der Waals surface area contributed by atoms with Gasteiger partial charge in [0.05, 0.1) is 11.9 Å². The monoisotopic (exact) mass is 375 g/mol. The number of fused-ring (bicyclic) bond motifs is 1. The fraction of sp³-hybridized carbons (Fsp3) is 0. The fourth-order valence-corrected chi connectivity index (χ4v) is 2.64. The predicted molar refractivity (Wildman–Crippen MR) is 89.8 cm³/mol. The minimum Gasteiger partial charge on any atom is -0.438 e. The molecule has 0 aliphatic rings. The van der Waals surface area contributed by atoms with Gasteiger partial charge in [0, 0.05) is 16.7 Å². The van der Waals surface area contributed by atoms with Crippen molar-refractivity contribution in [1.82, 2.24) is 14.6 Å². The number of rotatable bonds is 3. The molecule has 4 aromatic rings. The van der Waals surface area contributed by atoms with Gasteiger partial charge in [-0.3, -0.25) is 0 Å². The topological polar surface area (TPSA) is 39.4 Å². The third-order valence-electron chi connectivity index (χ3n) is 3.64. The van der Waals surface area contributed by atoms with Gasteiger partial charge in [-0.2, -0.15) is 0 Å². The molecule has 0 amide bonds. The number of hydrogen-bond donors (Lipinski definition) is 0. The molecule has 130 valence electrons. The quantitative estimate of drug-likeness (QED) is 0.458. The second-order valence-corrected chi connectivity index (χ2v) is 5.83. The molecule has 0 spiro atoms. The van der Waals surface area contributed by atoms with Crippen LogP contribution in [0.15, 0.2) is 54.7 Å². The van der Waals surface area contributed by atoms with Gasteiger partial charge in [-0.15, -0.1) is 5.10 Å². The third-order valence-corrected chi connectivity index (χ3v) is 3.87. The molecule has 0 aliphatic heterocycles. The number of halogens is 4. The van der Waals surface area contributed by atoms with E-state index < -0.39 is 17.5 Å². The van der Waals surface area contributed by atoms with Gasteiger partial charge in [0.25, 0.3) is 0 Å². The Balaban J connectivity index is 1.78. The van der Waals surface area contributed by atoms with Crippen molar-refractivity contribution in [2.45, 2.75) is 0 Å². The standard InChI is InChI=1S/C18H9ClF3N3O/c19-11-2-1-3-12(8-11)26-17-5-4-16-23-9-15(25(16)24-17)10-6-13(20)18(22)14(21)7-10/h1-9H. The van der Waals surface area contributed by atoms with E-state index in [0.717, 1.165) is 12.1 Å². The minimum atomic E-state index is -1.53. The molecule has 0 N–H and O–H groups in total. The fourth-order valence-electron chi connectivity index (χ4n) is 2.46. The molecule has 0 atom stereocenters. The van der Waals surface area contributed by atoms with Gasteiger partial charge in [0.2, 0.25) is 5.88 Å². The highest BCUT2D eigenvalue weighted by Gasteiger charge is 2.15. The maximum Gasteiger partial charge on any atom is 0.237 e. The molecule has 2 aromatic carbocycles. The van der Waals surface area contributed by atoms with E-state index in [4.69, 9.17) is 16.3 Å². The van der Waals surface area contributed by atoms with Gasteiger partial charge in [-0.05, 0) is 36.4 Å². The molecule has 0 radical (unpaired) electrons.